The summed E-state index contributed by atoms with van der Waals surface area (Å²) in [6.07, 6.45) is 0.705. The van der Waals surface area contributed by atoms with Crippen LogP contribution < -0.4 is 9.64 Å². The van der Waals surface area contributed by atoms with Crippen LogP contribution in [0.25, 0.3) is 0 Å². The highest BCUT2D eigenvalue weighted by atomic mass is 79.9. The predicted molar refractivity (Wildman–Crippen MR) is 104 cm³/mol. The Morgan fingerprint density at radius 3 is 2.88 bits per heavy atom. The molecule has 5 nitrogen and oxygen atoms in total. The summed E-state index contributed by atoms with van der Waals surface area (Å²) in [6.45, 7) is 3.23. The SMILES string of the molecule is O=C(OCc1ccccc1)N1CCC(N2CCOc3cc(Br)ccc32)C1. The fraction of sp³-hybridized carbons (Fsp3) is 0.350. The molecule has 136 valence electrons. The quantitative estimate of drug-likeness (QED) is 0.756. The monoisotopic (exact) mass is 416 g/mol. The van der Waals surface area contributed by atoms with Crippen molar-refractivity contribution >= 4 is 27.7 Å². The first-order valence-corrected chi connectivity index (χ1v) is 9.64. The van der Waals surface area contributed by atoms with E-state index in [1.54, 1.807) is 0 Å². The normalized spacial score (nSPS) is 19.0. The highest BCUT2D eigenvalue weighted by Crippen LogP contribution is 2.36. The molecule has 1 saturated heterocycles. The molecule has 2 aliphatic rings. The zero-order chi connectivity index (χ0) is 17.9. The second-order valence-electron chi connectivity index (χ2n) is 6.58. The molecule has 0 spiro atoms. The molecule has 4 rings (SSSR count). The molecule has 0 aliphatic carbocycles. The topological polar surface area (TPSA) is 42.0 Å². The van der Waals surface area contributed by atoms with Gasteiger partial charge in [0, 0.05) is 23.6 Å². The van der Waals surface area contributed by atoms with Crippen LogP contribution in [0.1, 0.15) is 12.0 Å². The van der Waals surface area contributed by atoms with Crippen molar-refractivity contribution in [3.8, 4) is 5.75 Å². The van der Waals surface area contributed by atoms with Crippen molar-refractivity contribution in [2.24, 2.45) is 0 Å². The third-order valence-electron chi connectivity index (χ3n) is 4.89. The summed E-state index contributed by atoms with van der Waals surface area (Å²) >= 11 is 3.49. The fourth-order valence-corrected chi connectivity index (χ4v) is 3.91. The van der Waals surface area contributed by atoms with Gasteiger partial charge < -0.3 is 19.3 Å². The van der Waals surface area contributed by atoms with Gasteiger partial charge in [-0.15, -0.1) is 0 Å². The van der Waals surface area contributed by atoms with Gasteiger partial charge in [0.25, 0.3) is 0 Å². The molecule has 1 fully saturated rings. The van der Waals surface area contributed by atoms with Gasteiger partial charge >= 0.3 is 6.09 Å². The van der Waals surface area contributed by atoms with Crippen molar-refractivity contribution in [3.63, 3.8) is 0 Å². The molecule has 2 aliphatic heterocycles. The van der Waals surface area contributed by atoms with Gasteiger partial charge in [-0.3, -0.25) is 0 Å². The summed E-state index contributed by atoms with van der Waals surface area (Å²) in [5.74, 6) is 0.899. The summed E-state index contributed by atoms with van der Waals surface area (Å²) in [6, 6.07) is 16.2. The zero-order valence-electron chi connectivity index (χ0n) is 14.4. The Morgan fingerprint density at radius 1 is 1.19 bits per heavy atom. The van der Waals surface area contributed by atoms with Gasteiger partial charge in [0.15, 0.2) is 0 Å². The number of carbonyl (C=O) groups excluding carboxylic acids is 1. The number of hydrogen-bond acceptors (Lipinski definition) is 4. The lowest BCUT2D eigenvalue weighted by Crippen LogP contribution is -2.43. The second kappa shape index (κ2) is 7.58. The zero-order valence-corrected chi connectivity index (χ0v) is 16.0. The molecule has 1 unspecified atom stereocenters. The third kappa shape index (κ3) is 3.65. The molecule has 0 saturated carbocycles. The van der Waals surface area contributed by atoms with Crippen molar-refractivity contribution in [1.82, 2.24) is 4.90 Å². The summed E-state index contributed by atoms with van der Waals surface area (Å²) in [5, 5.41) is 0. The number of likely N-dealkylation sites (tertiary alicyclic amines) is 1. The van der Waals surface area contributed by atoms with E-state index < -0.39 is 0 Å². The average Bonchev–Trinajstić information content (AvgIpc) is 3.16. The first-order chi connectivity index (χ1) is 12.7. The van der Waals surface area contributed by atoms with E-state index in [0.29, 0.717) is 25.8 Å². The van der Waals surface area contributed by atoms with E-state index >= 15 is 0 Å². The highest BCUT2D eigenvalue weighted by molar-refractivity contribution is 9.10. The average molecular weight is 417 g/mol. The van der Waals surface area contributed by atoms with E-state index in [1.807, 2.05) is 47.4 Å². The van der Waals surface area contributed by atoms with E-state index in [0.717, 1.165) is 41.0 Å². The molecule has 0 N–H and O–H groups in total. The number of carbonyl (C=O) groups is 1. The van der Waals surface area contributed by atoms with E-state index in [1.165, 1.54) is 0 Å². The van der Waals surface area contributed by atoms with Gasteiger partial charge in [0.2, 0.25) is 0 Å². The van der Waals surface area contributed by atoms with Crippen molar-refractivity contribution in [1.29, 1.82) is 0 Å². The van der Waals surface area contributed by atoms with Gasteiger partial charge in [-0.05, 0) is 30.2 Å². The third-order valence-corrected chi connectivity index (χ3v) is 5.38. The van der Waals surface area contributed by atoms with Crippen molar-refractivity contribution in [3.05, 3.63) is 58.6 Å². The minimum atomic E-state index is -0.236. The molecule has 2 heterocycles. The Morgan fingerprint density at radius 2 is 2.04 bits per heavy atom. The molecule has 0 radical (unpaired) electrons. The van der Waals surface area contributed by atoms with Crippen LogP contribution in [-0.2, 0) is 11.3 Å². The molecule has 1 amide bonds. The van der Waals surface area contributed by atoms with Crippen LogP contribution in [0, 0.1) is 0 Å². The van der Waals surface area contributed by atoms with Crippen LogP contribution in [0.3, 0.4) is 0 Å². The first-order valence-electron chi connectivity index (χ1n) is 8.85. The standard InChI is InChI=1S/C20H21BrN2O3/c21-16-6-7-18-19(12-16)25-11-10-23(18)17-8-9-22(13-17)20(24)26-14-15-4-2-1-3-5-15/h1-7,12,17H,8-11,13-14H2. The molecular weight excluding hydrogens is 396 g/mol. The second-order valence-corrected chi connectivity index (χ2v) is 7.50. The minimum absolute atomic E-state index is 0.236. The van der Waals surface area contributed by atoms with Gasteiger partial charge in [0.05, 0.1) is 12.2 Å². The van der Waals surface area contributed by atoms with Crippen LogP contribution >= 0.6 is 15.9 Å². The number of rotatable bonds is 3. The van der Waals surface area contributed by atoms with Gasteiger partial charge in [0.1, 0.15) is 19.0 Å². The maximum Gasteiger partial charge on any atom is 0.410 e. The number of halogens is 1. The van der Waals surface area contributed by atoms with Crippen LogP contribution in [-0.4, -0.2) is 43.3 Å². The lowest BCUT2D eigenvalue weighted by Gasteiger charge is -2.35. The van der Waals surface area contributed by atoms with Crippen LogP contribution in [0.5, 0.6) is 5.75 Å². The minimum Gasteiger partial charge on any atom is -0.490 e. The predicted octanol–water partition coefficient (Wildman–Crippen LogP) is 4.06. The van der Waals surface area contributed by atoms with E-state index in [9.17, 15) is 4.79 Å². The molecule has 0 bridgehead atoms. The Hall–Kier alpha value is -2.21. The van der Waals surface area contributed by atoms with Crippen LogP contribution in [0.4, 0.5) is 10.5 Å². The molecule has 2 aromatic carbocycles. The Labute approximate surface area is 161 Å². The highest BCUT2D eigenvalue weighted by Gasteiger charge is 2.33. The Bertz CT molecular complexity index is 784. The lowest BCUT2D eigenvalue weighted by atomic mass is 10.1. The molecule has 6 heteroatoms. The van der Waals surface area contributed by atoms with E-state index in [4.69, 9.17) is 9.47 Å². The van der Waals surface area contributed by atoms with Gasteiger partial charge in [-0.25, -0.2) is 4.79 Å². The van der Waals surface area contributed by atoms with Gasteiger partial charge in [-0.2, -0.15) is 0 Å². The number of nitrogens with zero attached hydrogens (tertiary/aromatic N) is 2. The molecule has 1 atom stereocenters. The van der Waals surface area contributed by atoms with Crippen LogP contribution in [0.2, 0.25) is 0 Å². The summed E-state index contributed by atoms with van der Waals surface area (Å²) in [4.78, 5) is 16.6. The summed E-state index contributed by atoms with van der Waals surface area (Å²) in [5.41, 5.74) is 2.10. The number of hydrogen-bond donors (Lipinski definition) is 0. The number of benzene rings is 2. The smallest absolute Gasteiger partial charge is 0.410 e. The first kappa shape index (κ1) is 17.2. The van der Waals surface area contributed by atoms with Crippen molar-refractivity contribution in [2.45, 2.75) is 19.1 Å². The number of fused-ring (bicyclic) bond motifs is 1. The van der Waals surface area contributed by atoms with Crippen molar-refractivity contribution in [2.75, 3.05) is 31.1 Å². The van der Waals surface area contributed by atoms with E-state index in [-0.39, 0.29) is 6.09 Å². The molecule has 0 aromatic heterocycles. The van der Waals surface area contributed by atoms with Crippen molar-refractivity contribution < 1.29 is 14.3 Å². The largest absolute Gasteiger partial charge is 0.490 e. The Kier molecular flexibility index (Phi) is 5.02. The number of ether oxygens (including phenoxy) is 2. The summed E-state index contributed by atoms with van der Waals surface area (Å²) < 4.78 is 12.3. The van der Waals surface area contributed by atoms with Crippen LogP contribution in [0.15, 0.2) is 53.0 Å². The van der Waals surface area contributed by atoms with E-state index in [2.05, 4.69) is 26.9 Å². The molecule has 26 heavy (non-hydrogen) atoms. The molecule has 2 aromatic rings. The van der Waals surface area contributed by atoms with Gasteiger partial charge in [-0.1, -0.05) is 46.3 Å². The number of anilines is 1. The maximum atomic E-state index is 12.4. The molecular formula is C20H21BrN2O3. The lowest BCUT2D eigenvalue weighted by molar-refractivity contribution is 0.104. The Balaban J connectivity index is 1.37. The fourth-order valence-electron chi connectivity index (χ4n) is 3.57. The number of amides is 1. The summed E-state index contributed by atoms with van der Waals surface area (Å²) in [7, 11) is 0. The maximum absolute atomic E-state index is 12.4.